The highest BCUT2D eigenvalue weighted by atomic mass is 16.1. The van der Waals surface area contributed by atoms with E-state index in [1.165, 1.54) is 5.56 Å². The van der Waals surface area contributed by atoms with Gasteiger partial charge in [0.05, 0.1) is 12.2 Å². The number of rotatable bonds is 6. The van der Waals surface area contributed by atoms with E-state index in [0.717, 1.165) is 42.9 Å². The predicted molar refractivity (Wildman–Crippen MR) is 95.6 cm³/mol. The highest BCUT2D eigenvalue weighted by Crippen LogP contribution is 2.17. The highest BCUT2D eigenvalue weighted by Gasteiger charge is 2.22. The topological polar surface area (TPSA) is 53.9 Å². The van der Waals surface area contributed by atoms with Crippen LogP contribution in [0.5, 0.6) is 0 Å². The van der Waals surface area contributed by atoms with Gasteiger partial charge < -0.3 is 0 Å². The van der Waals surface area contributed by atoms with Crippen LogP contribution in [0.25, 0.3) is 0 Å². The largest absolute Gasteiger partial charge is 0.298 e. The maximum atomic E-state index is 12.6. The minimum absolute atomic E-state index is 0.0721. The lowest BCUT2D eigenvalue weighted by atomic mass is 10.1. The van der Waals surface area contributed by atoms with Crippen LogP contribution in [0.3, 0.4) is 0 Å². The van der Waals surface area contributed by atoms with E-state index in [-0.39, 0.29) is 5.56 Å². The molecule has 0 radical (unpaired) electrons. The minimum atomic E-state index is 0.0721. The van der Waals surface area contributed by atoms with Crippen molar-refractivity contribution in [3.8, 4) is 0 Å². The van der Waals surface area contributed by atoms with Crippen LogP contribution in [0, 0.1) is 0 Å². The number of hydrogen-bond acceptors (Lipinski definition) is 3. The van der Waals surface area contributed by atoms with Gasteiger partial charge in [-0.05, 0) is 23.6 Å². The van der Waals surface area contributed by atoms with Crippen molar-refractivity contribution in [3.05, 3.63) is 88.7 Å². The average Bonchev–Trinajstić information content (AvgIpc) is 2.91. The van der Waals surface area contributed by atoms with Gasteiger partial charge in [0.2, 0.25) is 0 Å². The van der Waals surface area contributed by atoms with Crippen LogP contribution in [-0.2, 0) is 26.1 Å². The first kappa shape index (κ1) is 16.2. The summed E-state index contributed by atoms with van der Waals surface area (Å²) in [5.41, 5.74) is 4.13. The molecule has 0 atom stereocenters. The first-order valence-electron chi connectivity index (χ1n) is 8.07. The lowest BCUT2D eigenvalue weighted by molar-refractivity contribution is 0.241. The molecule has 1 aliphatic heterocycles. The molecular weight excluding hydrogens is 300 g/mol. The fraction of sp³-hybridized carbons (Fsp3) is 0.263. The van der Waals surface area contributed by atoms with Crippen molar-refractivity contribution < 1.29 is 0 Å². The average molecular weight is 322 g/mol. The van der Waals surface area contributed by atoms with Crippen LogP contribution in [0.2, 0.25) is 0 Å². The molecule has 124 valence electrons. The van der Waals surface area contributed by atoms with Crippen molar-refractivity contribution in [2.24, 2.45) is 0 Å². The number of fused-ring (bicyclic) bond motifs is 1. The molecule has 0 amide bonds. The molecule has 0 saturated carbocycles. The molecule has 5 nitrogen and oxygen atoms in total. The van der Waals surface area contributed by atoms with E-state index in [1.807, 2.05) is 18.3 Å². The number of allylic oxidation sites excluding steroid dienone is 4. The zero-order valence-electron chi connectivity index (χ0n) is 13.7. The molecule has 1 N–H and O–H groups in total. The normalized spacial score (nSPS) is 15.1. The minimum Gasteiger partial charge on any atom is -0.298 e. The summed E-state index contributed by atoms with van der Waals surface area (Å²) in [5, 5.41) is 3.26. The number of pyridine rings is 1. The second kappa shape index (κ2) is 7.27. The molecule has 0 fully saturated rings. The highest BCUT2D eigenvalue weighted by molar-refractivity contribution is 5.24. The van der Waals surface area contributed by atoms with Crippen molar-refractivity contribution in [3.63, 3.8) is 0 Å². The van der Waals surface area contributed by atoms with Crippen LogP contribution in [0.4, 0.5) is 0 Å². The second-order valence-electron chi connectivity index (χ2n) is 5.96. The molecule has 0 saturated heterocycles. The van der Waals surface area contributed by atoms with Gasteiger partial charge >= 0.3 is 0 Å². The lowest BCUT2D eigenvalue weighted by Crippen LogP contribution is -2.31. The van der Waals surface area contributed by atoms with Crippen molar-refractivity contribution in [2.45, 2.75) is 26.1 Å². The summed E-state index contributed by atoms with van der Waals surface area (Å²) in [6, 6.07) is 4.03. The number of aromatic nitrogens is 3. The summed E-state index contributed by atoms with van der Waals surface area (Å²) in [4.78, 5) is 19.0. The Bertz CT molecular complexity index is 814. The van der Waals surface area contributed by atoms with E-state index in [0.29, 0.717) is 6.54 Å². The third-order valence-corrected chi connectivity index (χ3v) is 4.26. The smallest absolute Gasteiger partial charge is 0.270 e. The molecule has 1 aliphatic rings. The van der Waals surface area contributed by atoms with E-state index < -0.39 is 0 Å². The molecule has 0 bridgehead atoms. The first-order valence-corrected chi connectivity index (χ1v) is 8.07. The van der Waals surface area contributed by atoms with Crippen molar-refractivity contribution >= 4 is 0 Å². The molecule has 0 unspecified atom stereocenters. The van der Waals surface area contributed by atoms with Gasteiger partial charge in [-0.2, -0.15) is 0 Å². The quantitative estimate of drug-likeness (QED) is 0.831. The maximum absolute atomic E-state index is 12.6. The zero-order valence-corrected chi connectivity index (χ0v) is 13.7. The summed E-state index contributed by atoms with van der Waals surface area (Å²) >= 11 is 0. The Hall–Kier alpha value is -2.66. The van der Waals surface area contributed by atoms with Crippen LogP contribution < -0.4 is 5.56 Å². The Morgan fingerprint density at radius 2 is 2.29 bits per heavy atom. The molecule has 24 heavy (non-hydrogen) atoms. The van der Waals surface area contributed by atoms with Gasteiger partial charge in [0.1, 0.15) is 0 Å². The summed E-state index contributed by atoms with van der Waals surface area (Å²) < 4.78 is 1.66. The van der Waals surface area contributed by atoms with Crippen LogP contribution in [0.15, 0.2) is 66.3 Å². The van der Waals surface area contributed by atoms with Crippen molar-refractivity contribution in [2.75, 3.05) is 6.54 Å². The SMILES string of the molecule is C=C/C=C(\C=C)Cn1[nH]c2c(c1=O)CCN(Cc1cccnc1)C2. The number of nitrogens with zero attached hydrogens (tertiary/aromatic N) is 3. The summed E-state index contributed by atoms with van der Waals surface area (Å²) in [6.45, 7) is 10.4. The summed E-state index contributed by atoms with van der Waals surface area (Å²) in [6.07, 6.45) is 9.77. The molecule has 5 heteroatoms. The first-order chi connectivity index (χ1) is 11.7. The Morgan fingerprint density at radius 1 is 1.42 bits per heavy atom. The standard InChI is InChI=1S/C19H22N4O/c1-3-6-15(4-2)13-23-19(24)17-8-10-22(14-18(17)21-23)12-16-7-5-9-20-11-16/h3-7,9,11,21H,1-2,8,10,12-14H2/b15-6+. The van der Waals surface area contributed by atoms with Crippen molar-refractivity contribution in [1.29, 1.82) is 0 Å². The molecule has 0 spiro atoms. The van der Waals surface area contributed by atoms with Gasteiger partial charge in [-0.15, -0.1) is 0 Å². The van der Waals surface area contributed by atoms with E-state index in [9.17, 15) is 4.79 Å². The fourth-order valence-corrected chi connectivity index (χ4v) is 3.05. The van der Waals surface area contributed by atoms with Crippen LogP contribution >= 0.6 is 0 Å². The second-order valence-corrected chi connectivity index (χ2v) is 5.96. The van der Waals surface area contributed by atoms with E-state index in [4.69, 9.17) is 0 Å². The third-order valence-electron chi connectivity index (χ3n) is 4.26. The van der Waals surface area contributed by atoms with Gasteiger partial charge in [0.25, 0.3) is 5.56 Å². The van der Waals surface area contributed by atoms with Gasteiger partial charge in [-0.25, -0.2) is 4.68 Å². The van der Waals surface area contributed by atoms with E-state index in [1.54, 1.807) is 23.0 Å². The number of nitrogens with one attached hydrogen (secondary N) is 1. The lowest BCUT2D eigenvalue weighted by Gasteiger charge is -2.25. The van der Waals surface area contributed by atoms with Crippen LogP contribution in [0.1, 0.15) is 16.8 Å². The predicted octanol–water partition coefficient (Wildman–Crippen LogP) is 2.43. The summed E-state index contributed by atoms with van der Waals surface area (Å²) in [5.74, 6) is 0. The Morgan fingerprint density at radius 3 is 3.00 bits per heavy atom. The maximum Gasteiger partial charge on any atom is 0.270 e. The summed E-state index contributed by atoms with van der Waals surface area (Å²) in [7, 11) is 0. The Kier molecular flexibility index (Phi) is 4.91. The third kappa shape index (κ3) is 3.46. The number of aromatic amines is 1. The Balaban J connectivity index is 1.76. The molecule has 0 aliphatic carbocycles. The fourth-order valence-electron chi connectivity index (χ4n) is 3.05. The molecule has 0 aromatic carbocycles. The molecule has 2 aromatic heterocycles. The monoisotopic (exact) mass is 322 g/mol. The van der Waals surface area contributed by atoms with Gasteiger partial charge in [0.15, 0.2) is 0 Å². The van der Waals surface area contributed by atoms with Gasteiger partial charge in [-0.1, -0.05) is 37.5 Å². The van der Waals surface area contributed by atoms with Crippen LogP contribution in [-0.4, -0.2) is 26.2 Å². The van der Waals surface area contributed by atoms with Gasteiger partial charge in [-0.3, -0.25) is 19.8 Å². The Labute approximate surface area is 141 Å². The zero-order chi connectivity index (χ0) is 16.9. The number of hydrogen-bond donors (Lipinski definition) is 1. The van der Waals surface area contributed by atoms with Crippen molar-refractivity contribution in [1.82, 2.24) is 19.7 Å². The van der Waals surface area contributed by atoms with E-state index >= 15 is 0 Å². The number of H-pyrrole nitrogens is 1. The van der Waals surface area contributed by atoms with Gasteiger partial charge in [0, 0.05) is 37.6 Å². The molecule has 2 aromatic rings. The molecular formula is C19H22N4O. The van der Waals surface area contributed by atoms with E-state index in [2.05, 4.69) is 34.2 Å². The molecule has 3 rings (SSSR count). The molecule has 3 heterocycles.